The summed E-state index contributed by atoms with van der Waals surface area (Å²) in [4.78, 5) is 29.4. The number of benzene rings is 3. The molecule has 4 aromatic rings. The number of aromatic nitrogens is 3. The molecule has 1 aromatic heterocycles. The lowest BCUT2D eigenvalue weighted by Gasteiger charge is -2.33. The molecule has 1 aliphatic rings. The number of nitrogens with zero attached hydrogens (tertiary/aromatic N) is 4. The lowest BCUT2D eigenvalue weighted by atomic mass is 9.94. The molecular weight excluding hydrogens is 485 g/mol. The van der Waals surface area contributed by atoms with E-state index in [1.54, 1.807) is 31.4 Å². The van der Waals surface area contributed by atoms with E-state index in [2.05, 4.69) is 15.6 Å². The van der Waals surface area contributed by atoms with E-state index in [0.29, 0.717) is 28.0 Å². The molecule has 0 saturated heterocycles. The molecule has 1 heterocycles. The average Bonchev–Trinajstić information content (AvgIpc) is 3.35. The Balaban J connectivity index is 1.57. The van der Waals surface area contributed by atoms with Crippen LogP contribution in [0.1, 0.15) is 43.7 Å². The van der Waals surface area contributed by atoms with Gasteiger partial charge in [0.25, 0.3) is 0 Å². The highest BCUT2D eigenvalue weighted by Crippen LogP contribution is 2.31. The van der Waals surface area contributed by atoms with E-state index >= 15 is 0 Å². The van der Waals surface area contributed by atoms with Crippen LogP contribution in [0.5, 0.6) is 5.75 Å². The minimum Gasteiger partial charge on any atom is -0.497 e. The van der Waals surface area contributed by atoms with E-state index in [4.69, 9.17) is 4.74 Å². The number of anilines is 1. The molecule has 1 atom stereocenters. The second kappa shape index (κ2) is 11.4. The summed E-state index contributed by atoms with van der Waals surface area (Å²) in [7, 11) is 1.55. The van der Waals surface area contributed by atoms with Crippen LogP contribution in [0.3, 0.4) is 0 Å². The summed E-state index contributed by atoms with van der Waals surface area (Å²) in [6, 6.07) is 19.1. The van der Waals surface area contributed by atoms with Crippen LogP contribution in [0.15, 0.2) is 72.8 Å². The number of hydrogen-bond donors (Lipinski definition) is 1. The SMILES string of the molecule is COc1cccc(C(C(=O)NC2CCCCC2)N(C(=O)Cn2nnc3ccccc32)c2ccc(F)cc2)c1. The van der Waals surface area contributed by atoms with Crippen molar-refractivity contribution in [1.82, 2.24) is 20.3 Å². The largest absolute Gasteiger partial charge is 0.497 e. The van der Waals surface area contributed by atoms with Gasteiger partial charge in [0.1, 0.15) is 29.7 Å². The molecule has 8 nitrogen and oxygen atoms in total. The fraction of sp³-hybridized carbons (Fsp3) is 0.310. The Morgan fingerprint density at radius 1 is 1.05 bits per heavy atom. The number of methoxy groups -OCH3 is 1. The van der Waals surface area contributed by atoms with Gasteiger partial charge in [-0.1, -0.05) is 48.7 Å². The van der Waals surface area contributed by atoms with Gasteiger partial charge in [0.05, 0.1) is 12.6 Å². The normalized spacial score (nSPS) is 14.7. The maximum atomic E-state index is 14.0. The van der Waals surface area contributed by atoms with Crippen molar-refractivity contribution in [3.63, 3.8) is 0 Å². The van der Waals surface area contributed by atoms with Crippen molar-refractivity contribution in [2.75, 3.05) is 12.0 Å². The first-order valence-electron chi connectivity index (χ1n) is 12.8. The van der Waals surface area contributed by atoms with Gasteiger partial charge in [0.15, 0.2) is 0 Å². The fourth-order valence-electron chi connectivity index (χ4n) is 5.03. The van der Waals surface area contributed by atoms with Crippen LogP contribution >= 0.6 is 0 Å². The van der Waals surface area contributed by atoms with Crippen molar-refractivity contribution in [3.05, 3.63) is 84.2 Å². The van der Waals surface area contributed by atoms with Gasteiger partial charge in [-0.25, -0.2) is 9.07 Å². The maximum absolute atomic E-state index is 14.0. The smallest absolute Gasteiger partial charge is 0.249 e. The number of amides is 2. The minimum atomic E-state index is -1.01. The van der Waals surface area contributed by atoms with E-state index in [-0.39, 0.29) is 24.4 Å². The van der Waals surface area contributed by atoms with E-state index in [1.165, 1.54) is 33.8 Å². The summed E-state index contributed by atoms with van der Waals surface area (Å²) < 4.78 is 20.8. The van der Waals surface area contributed by atoms with Crippen LogP contribution in [0.4, 0.5) is 10.1 Å². The van der Waals surface area contributed by atoms with Crippen LogP contribution in [0.25, 0.3) is 11.0 Å². The highest BCUT2D eigenvalue weighted by Gasteiger charge is 2.34. The van der Waals surface area contributed by atoms with Crippen molar-refractivity contribution in [2.24, 2.45) is 0 Å². The molecular formula is C29H30FN5O3. The number of fused-ring (bicyclic) bond motifs is 1. The summed E-state index contributed by atoms with van der Waals surface area (Å²) >= 11 is 0. The molecule has 9 heteroatoms. The highest BCUT2D eigenvalue weighted by molar-refractivity contribution is 6.01. The molecule has 2 amide bonds. The third-order valence-corrected chi connectivity index (χ3v) is 6.95. The minimum absolute atomic E-state index is 0.0359. The summed E-state index contributed by atoms with van der Waals surface area (Å²) in [6.07, 6.45) is 5.04. The third kappa shape index (κ3) is 5.51. The summed E-state index contributed by atoms with van der Waals surface area (Å²) in [5.41, 5.74) is 2.34. The average molecular weight is 516 g/mol. The van der Waals surface area contributed by atoms with Crippen LogP contribution in [-0.2, 0) is 16.1 Å². The number of rotatable bonds is 8. The number of carbonyl (C=O) groups is 2. The van der Waals surface area contributed by atoms with E-state index in [0.717, 1.165) is 32.1 Å². The fourth-order valence-corrected chi connectivity index (χ4v) is 5.03. The van der Waals surface area contributed by atoms with Gasteiger partial charge in [-0.15, -0.1) is 5.10 Å². The molecule has 1 aliphatic carbocycles. The first-order valence-corrected chi connectivity index (χ1v) is 12.8. The van der Waals surface area contributed by atoms with Crippen LogP contribution in [-0.4, -0.2) is 40.0 Å². The van der Waals surface area contributed by atoms with Crippen molar-refractivity contribution in [3.8, 4) is 5.75 Å². The van der Waals surface area contributed by atoms with Gasteiger partial charge < -0.3 is 10.1 Å². The zero-order valence-electron chi connectivity index (χ0n) is 21.2. The van der Waals surface area contributed by atoms with Crippen molar-refractivity contribution >= 4 is 28.5 Å². The predicted molar refractivity (Wildman–Crippen MR) is 142 cm³/mol. The third-order valence-electron chi connectivity index (χ3n) is 6.95. The number of ether oxygens (including phenoxy) is 1. The van der Waals surface area contributed by atoms with Crippen molar-refractivity contribution in [1.29, 1.82) is 0 Å². The van der Waals surface area contributed by atoms with E-state index < -0.39 is 11.9 Å². The first-order chi connectivity index (χ1) is 18.5. The molecule has 196 valence electrons. The van der Waals surface area contributed by atoms with Crippen LogP contribution in [0.2, 0.25) is 0 Å². The number of para-hydroxylation sites is 1. The van der Waals surface area contributed by atoms with Gasteiger partial charge in [-0.2, -0.15) is 0 Å². The Hall–Kier alpha value is -4.27. The quantitative estimate of drug-likeness (QED) is 0.364. The van der Waals surface area contributed by atoms with Crippen LogP contribution < -0.4 is 15.0 Å². The molecule has 1 N–H and O–H groups in total. The standard InChI is InChI=1S/C29H30FN5O3/c1-38-24-11-7-8-20(18-24)28(29(37)31-22-9-3-2-4-10-22)35(23-16-14-21(30)15-17-23)27(36)19-34-26-13-6-5-12-25(26)32-33-34/h5-8,11-18,22,28H,2-4,9-10,19H2,1H3,(H,31,37). The maximum Gasteiger partial charge on any atom is 0.249 e. The van der Waals surface area contributed by atoms with E-state index in [9.17, 15) is 14.0 Å². The van der Waals surface area contributed by atoms with Gasteiger partial charge in [-0.05, 0) is 66.9 Å². The Kier molecular flexibility index (Phi) is 7.62. The summed E-state index contributed by atoms with van der Waals surface area (Å²) in [6.45, 7) is -0.158. The summed E-state index contributed by atoms with van der Waals surface area (Å²) in [5, 5.41) is 11.5. The molecule has 1 saturated carbocycles. The lowest BCUT2D eigenvalue weighted by Crippen LogP contribution is -2.48. The molecule has 1 unspecified atom stereocenters. The molecule has 0 radical (unpaired) electrons. The monoisotopic (exact) mass is 515 g/mol. The molecule has 0 spiro atoms. The number of carbonyl (C=O) groups excluding carboxylic acids is 2. The molecule has 1 fully saturated rings. The van der Waals surface area contributed by atoms with Crippen molar-refractivity contribution < 1.29 is 18.7 Å². The van der Waals surface area contributed by atoms with Gasteiger partial charge in [-0.3, -0.25) is 14.5 Å². The molecule has 0 bridgehead atoms. The van der Waals surface area contributed by atoms with Gasteiger partial charge in [0, 0.05) is 11.7 Å². The number of nitrogens with one attached hydrogen (secondary N) is 1. The Labute approximate surface area is 220 Å². The zero-order chi connectivity index (χ0) is 26.5. The van der Waals surface area contributed by atoms with Crippen molar-refractivity contribution in [2.45, 2.75) is 50.7 Å². The zero-order valence-corrected chi connectivity index (χ0v) is 21.2. The van der Waals surface area contributed by atoms with Gasteiger partial charge in [0.2, 0.25) is 11.8 Å². The first kappa shape index (κ1) is 25.4. The Morgan fingerprint density at radius 3 is 2.58 bits per heavy atom. The second-order valence-electron chi connectivity index (χ2n) is 9.50. The van der Waals surface area contributed by atoms with Gasteiger partial charge >= 0.3 is 0 Å². The highest BCUT2D eigenvalue weighted by atomic mass is 19.1. The number of halogens is 1. The predicted octanol–water partition coefficient (Wildman–Crippen LogP) is 4.80. The number of hydrogen-bond acceptors (Lipinski definition) is 5. The molecule has 5 rings (SSSR count). The summed E-state index contributed by atoms with van der Waals surface area (Å²) in [5.74, 6) is -0.565. The second-order valence-corrected chi connectivity index (χ2v) is 9.50. The van der Waals surface area contributed by atoms with Crippen LogP contribution in [0, 0.1) is 5.82 Å². The topological polar surface area (TPSA) is 89.4 Å². The molecule has 3 aromatic carbocycles. The molecule has 38 heavy (non-hydrogen) atoms. The Morgan fingerprint density at radius 2 is 1.82 bits per heavy atom. The molecule has 0 aliphatic heterocycles. The van der Waals surface area contributed by atoms with E-state index in [1.807, 2.05) is 24.3 Å². The lowest BCUT2D eigenvalue weighted by molar-refractivity contribution is -0.127. The Bertz CT molecular complexity index is 1420.